The van der Waals surface area contributed by atoms with Crippen LogP contribution in [0.25, 0.3) is 0 Å². The van der Waals surface area contributed by atoms with E-state index in [1.807, 2.05) is 0 Å². The number of carbonyl (C=O) groups excluding carboxylic acids is 1. The van der Waals surface area contributed by atoms with Gasteiger partial charge in [0.25, 0.3) is 20.0 Å². The van der Waals surface area contributed by atoms with Crippen molar-refractivity contribution >= 4 is 43.3 Å². The van der Waals surface area contributed by atoms with Gasteiger partial charge in [-0.1, -0.05) is 0 Å². The number of sulfonamides is 2. The molecule has 1 amide bonds. The molecule has 3 aromatic carbocycles. The number of ether oxygens (including phenoxy) is 4. The fraction of sp³-hybridized carbons (Fsp3) is 0.233. The van der Waals surface area contributed by atoms with Crippen LogP contribution in [-0.4, -0.2) is 67.7 Å². The molecular formula is C30H33N5O9S2. The highest BCUT2D eigenvalue weighted by Crippen LogP contribution is 2.37. The van der Waals surface area contributed by atoms with Gasteiger partial charge in [-0.05, 0) is 68.4 Å². The van der Waals surface area contributed by atoms with Crippen molar-refractivity contribution in [2.75, 3.05) is 49.3 Å². The number of nitrogens with zero attached hydrogens (tertiary/aromatic N) is 3. The molecular weight excluding hydrogens is 638 g/mol. The second-order valence-corrected chi connectivity index (χ2v) is 13.3. The Morgan fingerprint density at radius 2 is 1.30 bits per heavy atom. The number of nitrogens with one attached hydrogen (secondary N) is 2. The Bertz CT molecular complexity index is 1930. The molecule has 0 aliphatic heterocycles. The van der Waals surface area contributed by atoms with E-state index in [9.17, 15) is 21.6 Å². The van der Waals surface area contributed by atoms with Gasteiger partial charge in [0.1, 0.15) is 18.0 Å². The van der Waals surface area contributed by atoms with Crippen LogP contribution < -0.4 is 33.3 Å². The van der Waals surface area contributed by atoms with Crippen LogP contribution in [-0.2, 0) is 24.8 Å². The summed E-state index contributed by atoms with van der Waals surface area (Å²) < 4.78 is 78.4. The van der Waals surface area contributed by atoms with E-state index in [4.69, 9.17) is 18.9 Å². The highest BCUT2D eigenvalue weighted by atomic mass is 32.2. The maximum Gasteiger partial charge on any atom is 0.265 e. The summed E-state index contributed by atoms with van der Waals surface area (Å²) in [4.78, 5) is 21.3. The Labute approximate surface area is 267 Å². The first-order valence-electron chi connectivity index (χ1n) is 13.5. The first-order chi connectivity index (χ1) is 21.8. The number of aromatic nitrogens is 2. The zero-order valence-electron chi connectivity index (χ0n) is 25.9. The van der Waals surface area contributed by atoms with Gasteiger partial charge in [-0.2, -0.15) is 0 Å². The highest BCUT2D eigenvalue weighted by Gasteiger charge is 2.31. The number of amides is 1. The van der Waals surface area contributed by atoms with Crippen molar-refractivity contribution in [1.82, 2.24) is 9.97 Å². The van der Waals surface area contributed by atoms with Gasteiger partial charge >= 0.3 is 0 Å². The molecule has 2 N–H and O–H groups in total. The van der Waals surface area contributed by atoms with Gasteiger partial charge in [-0.25, -0.2) is 31.5 Å². The van der Waals surface area contributed by atoms with E-state index in [2.05, 4.69) is 20.0 Å². The van der Waals surface area contributed by atoms with Crippen molar-refractivity contribution in [2.45, 2.75) is 23.6 Å². The fourth-order valence-electron chi connectivity index (χ4n) is 4.39. The lowest BCUT2D eigenvalue weighted by atomic mass is 10.2. The molecule has 0 aliphatic rings. The van der Waals surface area contributed by atoms with E-state index in [0.717, 1.165) is 4.31 Å². The maximum absolute atomic E-state index is 14.1. The van der Waals surface area contributed by atoms with Crippen LogP contribution in [0.2, 0.25) is 0 Å². The van der Waals surface area contributed by atoms with Crippen molar-refractivity contribution in [3.05, 3.63) is 78.1 Å². The first-order valence-corrected chi connectivity index (χ1v) is 16.5. The van der Waals surface area contributed by atoms with Crippen molar-refractivity contribution in [3.63, 3.8) is 0 Å². The van der Waals surface area contributed by atoms with E-state index in [1.165, 1.54) is 83.0 Å². The smallest absolute Gasteiger partial charge is 0.265 e. The predicted molar refractivity (Wildman–Crippen MR) is 171 cm³/mol. The van der Waals surface area contributed by atoms with Crippen molar-refractivity contribution in [1.29, 1.82) is 0 Å². The third-order valence-electron chi connectivity index (χ3n) is 6.54. The van der Waals surface area contributed by atoms with Crippen molar-refractivity contribution < 1.29 is 40.6 Å². The Kier molecular flexibility index (Phi) is 10.2. The van der Waals surface area contributed by atoms with Crippen molar-refractivity contribution in [3.8, 4) is 23.0 Å². The molecule has 46 heavy (non-hydrogen) atoms. The summed E-state index contributed by atoms with van der Waals surface area (Å²) in [5.74, 6) is 0.156. The monoisotopic (exact) mass is 671 g/mol. The normalized spacial score (nSPS) is 11.3. The Morgan fingerprint density at radius 1 is 0.717 bits per heavy atom. The average molecular weight is 672 g/mol. The summed E-state index contributed by atoms with van der Waals surface area (Å²) in [7, 11) is -2.89. The van der Waals surface area contributed by atoms with Crippen molar-refractivity contribution in [2.24, 2.45) is 0 Å². The number of anilines is 3. The van der Waals surface area contributed by atoms with Crippen LogP contribution in [0.3, 0.4) is 0 Å². The summed E-state index contributed by atoms with van der Waals surface area (Å²) >= 11 is 0. The van der Waals surface area contributed by atoms with E-state index in [1.54, 1.807) is 26.0 Å². The van der Waals surface area contributed by atoms with Gasteiger partial charge in [0.2, 0.25) is 11.9 Å². The Morgan fingerprint density at radius 3 is 1.89 bits per heavy atom. The standard InChI is InChI=1S/C30H33N5O9S2/c1-19-15-20(2)32-30(31-19)34-45(37,38)23-10-7-21(8-11-23)33-29(36)18-35(25-16-22(41-3)9-13-26(25)42-4)46(39,40)24-12-14-27(43-5)28(17-24)44-6/h7-17H,18H2,1-6H3,(H,33,36)(H,31,32,34). The lowest BCUT2D eigenvalue weighted by Crippen LogP contribution is -2.38. The van der Waals surface area contributed by atoms with Crippen LogP contribution in [0.15, 0.2) is 76.5 Å². The summed E-state index contributed by atoms with van der Waals surface area (Å²) in [6, 6.07) is 15.6. The molecule has 1 aromatic heterocycles. The molecule has 0 unspecified atom stereocenters. The number of aryl methyl sites for hydroxylation is 2. The van der Waals surface area contributed by atoms with E-state index in [-0.39, 0.29) is 38.6 Å². The van der Waals surface area contributed by atoms with Gasteiger partial charge in [-0.15, -0.1) is 0 Å². The van der Waals surface area contributed by atoms with Gasteiger partial charge < -0.3 is 24.3 Å². The predicted octanol–water partition coefficient (Wildman–Crippen LogP) is 3.76. The second-order valence-electron chi connectivity index (χ2n) is 9.72. The zero-order valence-corrected chi connectivity index (χ0v) is 27.5. The molecule has 0 aliphatic carbocycles. The van der Waals surface area contributed by atoms with Gasteiger partial charge in [0.05, 0.1) is 43.9 Å². The number of benzene rings is 3. The van der Waals surface area contributed by atoms with Crippen LogP contribution in [0.5, 0.6) is 23.0 Å². The largest absolute Gasteiger partial charge is 0.497 e. The molecule has 0 atom stereocenters. The lowest BCUT2D eigenvalue weighted by molar-refractivity contribution is -0.114. The molecule has 0 fully saturated rings. The maximum atomic E-state index is 14.1. The number of rotatable bonds is 13. The number of hydrogen-bond donors (Lipinski definition) is 2. The first kappa shape index (κ1) is 33.8. The van der Waals surface area contributed by atoms with Gasteiger partial charge in [0, 0.05) is 29.2 Å². The molecule has 244 valence electrons. The minimum atomic E-state index is -4.42. The summed E-state index contributed by atoms with van der Waals surface area (Å²) in [5.41, 5.74) is 1.44. The molecule has 1 heterocycles. The van der Waals surface area contributed by atoms with E-state index < -0.39 is 32.5 Å². The molecule has 16 heteroatoms. The number of methoxy groups -OCH3 is 4. The molecule has 0 radical (unpaired) electrons. The van der Waals surface area contributed by atoms with Crippen LogP contribution in [0.4, 0.5) is 17.3 Å². The zero-order chi connectivity index (χ0) is 33.6. The number of carbonyl (C=O) groups is 1. The molecule has 4 rings (SSSR count). The third-order valence-corrected chi connectivity index (χ3v) is 9.64. The molecule has 0 spiro atoms. The SMILES string of the molecule is COc1ccc(OC)c(N(CC(=O)Nc2ccc(S(=O)(=O)Nc3nc(C)cc(C)n3)cc2)S(=O)(=O)c2ccc(OC)c(OC)c2)c1. The lowest BCUT2D eigenvalue weighted by Gasteiger charge is -2.26. The quantitative estimate of drug-likeness (QED) is 0.212. The molecule has 0 saturated carbocycles. The molecule has 14 nitrogen and oxygen atoms in total. The molecule has 0 bridgehead atoms. The Hall–Kier alpha value is -5.09. The van der Waals surface area contributed by atoms with Crippen LogP contribution in [0.1, 0.15) is 11.4 Å². The van der Waals surface area contributed by atoms with E-state index in [0.29, 0.717) is 22.9 Å². The summed E-state index contributed by atoms with van der Waals surface area (Å²) in [5, 5.41) is 2.61. The summed E-state index contributed by atoms with van der Waals surface area (Å²) in [6.45, 7) is 2.74. The fourth-order valence-corrected chi connectivity index (χ4v) is 6.78. The average Bonchev–Trinajstić information content (AvgIpc) is 3.02. The van der Waals surface area contributed by atoms with E-state index >= 15 is 0 Å². The second kappa shape index (κ2) is 13.9. The molecule has 4 aromatic rings. The topological polar surface area (TPSA) is 175 Å². The number of hydrogen-bond acceptors (Lipinski definition) is 11. The minimum Gasteiger partial charge on any atom is -0.497 e. The minimum absolute atomic E-state index is 0.0351. The molecule has 0 saturated heterocycles. The Balaban J connectivity index is 1.63. The van der Waals surface area contributed by atoms with Crippen LogP contribution in [0, 0.1) is 13.8 Å². The highest BCUT2D eigenvalue weighted by molar-refractivity contribution is 7.93. The summed E-state index contributed by atoms with van der Waals surface area (Å²) in [6.07, 6.45) is 0. The van der Waals surface area contributed by atoms with Crippen LogP contribution >= 0.6 is 0 Å². The van der Waals surface area contributed by atoms with Gasteiger partial charge in [-0.3, -0.25) is 9.10 Å². The van der Waals surface area contributed by atoms with Gasteiger partial charge in [0.15, 0.2) is 11.5 Å². The third kappa shape index (κ3) is 7.58.